The molecular formula is C31H37FN2O3. The minimum absolute atomic E-state index is 0.153. The standard InChI is InChI=1S/C31H37FN2O3/c1-5-19-33-30(36)27(20-23-11-7-6-8-12-23)34(21-24-15-17-25(32)18-16-24)29(35)22-37-28-14-10-9-13-26(28)31(2,3)4/h6-18,27H,5,19-22H2,1-4H3,(H,33,36)/t27-/m0/s1. The maximum atomic E-state index is 13.7. The Balaban J connectivity index is 1.92. The highest BCUT2D eigenvalue weighted by Crippen LogP contribution is 2.31. The van der Waals surface area contributed by atoms with E-state index in [1.54, 1.807) is 17.0 Å². The van der Waals surface area contributed by atoms with Crippen LogP contribution >= 0.6 is 0 Å². The molecule has 6 heteroatoms. The first-order valence-electron chi connectivity index (χ1n) is 12.8. The molecule has 196 valence electrons. The van der Waals surface area contributed by atoms with Crippen LogP contribution in [0.2, 0.25) is 0 Å². The van der Waals surface area contributed by atoms with Crippen LogP contribution in [0.15, 0.2) is 78.9 Å². The number of carbonyl (C=O) groups is 2. The summed E-state index contributed by atoms with van der Waals surface area (Å²) in [6, 6.07) is 22.5. The highest BCUT2D eigenvalue weighted by Gasteiger charge is 2.31. The molecule has 0 aliphatic carbocycles. The Bertz CT molecular complexity index is 1160. The molecule has 3 aromatic carbocycles. The number of amides is 2. The summed E-state index contributed by atoms with van der Waals surface area (Å²) >= 11 is 0. The van der Waals surface area contributed by atoms with Gasteiger partial charge in [0.25, 0.3) is 5.91 Å². The molecule has 0 fully saturated rings. The second-order valence-electron chi connectivity index (χ2n) is 10.2. The third kappa shape index (κ3) is 8.17. The molecule has 1 atom stereocenters. The van der Waals surface area contributed by atoms with Gasteiger partial charge in [0.1, 0.15) is 17.6 Å². The number of para-hydroxylation sites is 1. The average Bonchev–Trinajstić information content (AvgIpc) is 2.89. The molecule has 0 bridgehead atoms. The lowest BCUT2D eigenvalue weighted by molar-refractivity contribution is -0.142. The minimum atomic E-state index is -0.757. The van der Waals surface area contributed by atoms with Gasteiger partial charge in [-0.05, 0) is 46.7 Å². The van der Waals surface area contributed by atoms with Crippen LogP contribution in [0, 0.1) is 5.82 Å². The van der Waals surface area contributed by atoms with Gasteiger partial charge < -0.3 is 15.0 Å². The number of halogens is 1. The number of nitrogens with zero attached hydrogens (tertiary/aromatic N) is 1. The predicted octanol–water partition coefficient (Wildman–Crippen LogP) is 5.67. The zero-order chi connectivity index (χ0) is 26.8. The second kappa shape index (κ2) is 13.0. The summed E-state index contributed by atoms with van der Waals surface area (Å²) < 4.78 is 19.6. The van der Waals surface area contributed by atoms with Crippen LogP contribution in [-0.2, 0) is 28.0 Å². The summed E-state index contributed by atoms with van der Waals surface area (Å²) in [5.41, 5.74) is 2.50. The van der Waals surface area contributed by atoms with E-state index in [9.17, 15) is 14.0 Å². The van der Waals surface area contributed by atoms with Gasteiger partial charge in [-0.3, -0.25) is 9.59 Å². The lowest BCUT2D eigenvalue weighted by Gasteiger charge is -2.32. The Hall–Kier alpha value is -3.67. The number of nitrogens with one attached hydrogen (secondary N) is 1. The Labute approximate surface area is 219 Å². The maximum Gasteiger partial charge on any atom is 0.261 e. The molecule has 0 heterocycles. The number of ether oxygens (including phenoxy) is 1. The van der Waals surface area contributed by atoms with Crippen LogP contribution in [0.1, 0.15) is 50.8 Å². The Morgan fingerprint density at radius 3 is 2.22 bits per heavy atom. The number of rotatable bonds is 11. The van der Waals surface area contributed by atoms with E-state index in [0.717, 1.165) is 23.1 Å². The molecule has 0 aliphatic rings. The van der Waals surface area contributed by atoms with Gasteiger partial charge in [0.2, 0.25) is 5.91 Å². The molecule has 0 saturated carbocycles. The van der Waals surface area contributed by atoms with Crippen LogP contribution in [-0.4, -0.2) is 35.9 Å². The molecule has 0 aromatic heterocycles. The topological polar surface area (TPSA) is 58.6 Å². The molecular weight excluding hydrogens is 467 g/mol. The first-order valence-corrected chi connectivity index (χ1v) is 12.8. The average molecular weight is 505 g/mol. The third-order valence-electron chi connectivity index (χ3n) is 6.13. The van der Waals surface area contributed by atoms with Crippen molar-refractivity contribution in [3.63, 3.8) is 0 Å². The molecule has 0 unspecified atom stereocenters. The lowest BCUT2D eigenvalue weighted by atomic mass is 9.86. The summed E-state index contributed by atoms with van der Waals surface area (Å²) in [7, 11) is 0. The highest BCUT2D eigenvalue weighted by molar-refractivity contribution is 5.88. The fraction of sp³-hybridized carbons (Fsp3) is 0.355. The van der Waals surface area contributed by atoms with Crippen molar-refractivity contribution in [2.75, 3.05) is 13.2 Å². The molecule has 0 aliphatic heterocycles. The molecule has 37 heavy (non-hydrogen) atoms. The van der Waals surface area contributed by atoms with Crippen LogP contribution in [0.4, 0.5) is 4.39 Å². The van der Waals surface area contributed by atoms with Gasteiger partial charge in [-0.15, -0.1) is 0 Å². The van der Waals surface area contributed by atoms with Crippen LogP contribution < -0.4 is 10.1 Å². The lowest BCUT2D eigenvalue weighted by Crippen LogP contribution is -2.51. The summed E-state index contributed by atoms with van der Waals surface area (Å²) in [6.45, 7) is 8.69. The van der Waals surface area contributed by atoms with E-state index in [2.05, 4.69) is 26.1 Å². The smallest absolute Gasteiger partial charge is 0.261 e. The molecule has 0 saturated heterocycles. The van der Waals surface area contributed by atoms with Crippen LogP contribution in [0.5, 0.6) is 5.75 Å². The zero-order valence-electron chi connectivity index (χ0n) is 22.2. The fourth-order valence-electron chi connectivity index (χ4n) is 4.14. The van der Waals surface area contributed by atoms with E-state index >= 15 is 0 Å². The van der Waals surface area contributed by atoms with Crippen LogP contribution in [0.25, 0.3) is 0 Å². The number of benzene rings is 3. The summed E-state index contributed by atoms with van der Waals surface area (Å²) in [6.07, 6.45) is 1.13. The zero-order valence-corrected chi connectivity index (χ0v) is 22.2. The van der Waals surface area contributed by atoms with Gasteiger partial charge >= 0.3 is 0 Å². The SMILES string of the molecule is CCCNC(=O)[C@H](Cc1ccccc1)N(Cc1ccc(F)cc1)C(=O)COc1ccccc1C(C)(C)C. The quantitative estimate of drug-likeness (QED) is 0.366. The molecule has 3 rings (SSSR count). The van der Waals surface area contributed by atoms with Gasteiger partial charge in [0, 0.05) is 19.5 Å². The molecule has 2 amide bonds. The van der Waals surface area contributed by atoms with E-state index in [1.807, 2.05) is 61.5 Å². The molecule has 5 nitrogen and oxygen atoms in total. The summed E-state index contributed by atoms with van der Waals surface area (Å²) in [5.74, 6) is -0.262. The first kappa shape index (κ1) is 27.9. The Morgan fingerprint density at radius 2 is 1.57 bits per heavy atom. The summed E-state index contributed by atoms with van der Waals surface area (Å²) in [4.78, 5) is 28.6. The fourth-order valence-corrected chi connectivity index (χ4v) is 4.14. The van der Waals surface area contributed by atoms with Crippen molar-refractivity contribution in [3.05, 3.63) is 101 Å². The molecule has 0 spiro atoms. The van der Waals surface area contributed by atoms with Crippen LogP contribution in [0.3, 0.4) is 0 Å². The highest BCUT2D eigenvalue weighted by atomic mass is 19.1. The number of hydrogen-bond donors (Lipinski definition) is 1. The minimum Gasteiger partial charge on any atom is -0.483 e. The Kier molecular flexibility index (Phi) is 9.84. The molecule has 0 radical (unpaired) electrons. The van der Waals surface area contributed by atoms with Crippen molar-refractivity contribution in [3.8, 4) is 5.75 Å². The normalized spacial score (nSPS) is 12.0. The number of carbonyl (C=O) groups excluding carboxylic acids is 2. The van der Waals surface area contributed by atoms with Crippen molar-refractivity contribution in [2.45, 2.75) is 58.5 Å². The van der Waals surface area contributed by atoms with Gasteiger partial charge in [-0.2, -0.15) is 0 Å². The molecule has 3 aromatic rings. The largest absolute Gasteiger partial charge is 0.483 e. The van der Waals surface area contributed by atoms with Gasteiger partial charge in [-0.25, -0.2) is 4.39 Å². The van der Waals surface area contributed by atoms with Crippen molar-refractivity contribution >= 4 is 11.8 Å². The second-order valence-corrected chi connectivity index (χ2v) is 10.2. The van der Waals surface area contributed by atoms with Crippen molar-refractivity contribution < 1.29 is 18.7 Å². The monoisotopic (exact) mass is 504 g/mol. The summed E-state index contributed by atoms with van der Waals surface area (Å²) in [5, 5.41) is 2.95. The van der Waals surface area contributed by atoms with Crippen molar-refractivity contribution in [1.29, 1.82) is 0 Å². The van der Waals surface area contributed by atoms with E-state index in [-0.39, 0.29) is 36.2 Å². The van der Waals surface area contributed by atoms with Crippen molar-refractivity contribution in [1.82, 2.24) is 10.2 Å². The van der Waals surface area contributed by atoms with E-state index < -0.39 is 6.04 Å². The van der Waals surface area contributed by atoms with E-state index in [4.69, 9.17) is 4.74 Å². The van der Waals surface area contributed by atoms with Crippen molar-refractivity contribution in [2.24, 2.45) is 0 Å². The third-order valence-corrected chi connectivity index (χ3v) is 6.13. The van der Waals surface area contributed by atoms with E-state index in [0.29, 0.717) is 18.7 Å². The van der Waals surface area contributed by atoms with E-state index in [1.165, 1.54) is 12.1 Å². The predicted molar refractivity (Wildman–Crippen MR) is 145 cm³/mol. The maximum absolute atomic E-state index is 13.7. The van der Waals surface area contributed by atoms with Gasteiger partial charge in [0.15, 0.2) is 6.61 Å². The van der Waals surface area contributed by atoms with Gasteiger partial charge in [0.05, 0.1) is 0 Å². The molecule has 1 N–H and O–H groups in total. The van der Waals surface area contributed by atoms with Gasteiger partial charge in [-0.1, -0.05) is 88.4 Å². The Morgan fingerprint density at radius 1 is 0.919 bits per heavy atom. The number of hydrogen-bond acceptors (Lipinski definition) is 3. The first-order chi connectivity index (χ1) is 17.7.